The van der Waals surface area contributed by atoms with Crippen LogP contribution in [0.3, 0.4) is 0 Å². The van der Waals surface area contributed by atoms with Gasteiger partial charge < -0.3 is 15.1 Å². The van der Waals surface area contributed by atoms with Gasteiger partial charge in [-0.1, -0.05) is 0 Å². The van der Waals surface area contributed by atoms with Gasteiger partial charge in [0.15, 0.2) is 0 Å². The molecule has 3 aromatic heterocycles. The van der Waals surface area contributed by atoms with Crippen molar-refractivity contribution >= 4 is 17.6 Å². The Hall–Kier alpha value is -3.30. The van der Waals surface area contributed by atoms with Crippen LogP contribution in [-0.2, 0) is 6.42 Å². The van der Waals surface area contributed by atoms with Gasteiger partial charge in [0, 0.05) is 69.0 Å². The molecule has 10 nitrogen and oxygen atoms in total. The van der Waals surface area contributed by atoms with E-state index < -0.39 is 0 Å². The molecule has 4 heterocycles. The normalized spacial score (nSPS) is 15.6. The van der Waals surface area contributed by atoms with Gasteiger partial charge in [0.2, 0.25) is 0 Å². The number of aromatic nitrogens is 6. The third-order valence-corrected chi connectivity index (χ3v) is 4.75. The number of nitrogens with zero attached hydrogens (tertiary/aromatic N) is 8. The summed E-state index contributed by atoms with van der Waals surface area (Å²) >= 11 is 0. The van der Waals surface area contributed by atoms with E-state index >= 15 is 0 Å². The first-order chi connectivity index (χ1) is 13.6. The summed E-state index contributed by atoms with van der Waals surface area (Å²) in [5.41, 5.74) is 1.76. The third-order valence-electron chi connectivity index (χ3n) is 4.75. The Morgan fingerprint density at radius 2 is 2.04 bits per heavy atom. The fourth-order valence-corrected chi connectivity index (χ4v) is 3.38. The Morgan fingerprint density at radius 1 is 1.21 bits per heavy atom. The second kappa shape index (κ2) is 7.75. The Kier molecular flexibility index (Phi) is 5.00. The third kappa shape index (κ3) is 3.85. The lowest BCUT2D eigenvalue weighted by Gasteiger charge is -2.36. The van der Waals surface area contributed by atoms with Crippen LogP contribution in [0.5, 0.6) is 0 Å². The molecule has 1 fully saturated rings. The lowest BCUT2D eigenvalue weighted by atomic mass is 10.2. The number of fused-ring (bicyclic) bond motifs is 1. The van der Waals surface area contributed by atoms with E-state index in [1.165, 1.54) is 6.33 Å². The van der Waals surface area contributed by atoms with Crippen molar-refractivity contribution < 1.29 is 4.79 Å². The Bertz CT molecular complexity index is 950. The summed E-state index contributed by atoms with van der Waals surface area (Å²) in [6, 6.07) is 1.94. The van der Waals surface area contributed by atoms with Crippen molar-refractivity contribution in [3.05, 3.63) is 42.4 Å². The quantitative estimate of drug-likeness (QED) is 0.709. The van der Waals surface area contributed by atoms with Crippen LogP contribution in [0.2, 0.25) is 0 Å². The van der Waals surface area contributed by atoms with E-state index in [-0.39, 0.29) is 12.1 Å². The molecular formula is C18H23N9O. The van der Waals surface area contributed by atoms with Crippen LogP contribution in [0, 0.1) is 6.92 Å². The topological polar surface area (TPSA) is 104 Å². The molecule has 1 aliphatic rings. The van der Waals surface area contributed by atoms with Crippen LogP contribution >= 0.6 is 0 Å². The first-order valence-corrected chi connectivity index (χ1v) is 9.33. The van der Waals surface area contributed by atoms with Crippen LogP contribution in [0.1, 0.15) is 18.3 Å². The van der Waals surface area contributed by atoms with E-state index in [2.05, 4.69) is 35.3 Å². The van der Waals surface area contributed by atoms with Crippen LogP contribution in [0.15, 0.2) is 31.0 Å². The lowest BCUT2D eigenvalue weighted by molar-refractivity contribution is 0.190. The number of hydrogen-bond acceptors (Lipinski definition) is 7. The maximum atomic E-state index is 12.6. The van der Waals surface area contributed by atoms with Gasteiger partial charge in [0.1, 0.15) is 12.1 Å². The number of amides is 2. The Labute approximate surface area is 162 Å². The fourth-order valence-electron chi connectivity index (χ4n) is 3.38. The molecule has 2 amide bonds. The number of carbonyl (C=O) groups excluding carboxylic acids is 1. The van der Waals surface area contributed by atoms with E-state index in [1.54, 1.807) is 23.1 Å². The predicted octanol–water partition coefficient (Wildman–Crippen LogP) is 0.686. The molecule has 4 rings (SSSR count). The van der Waals surface area contributed by atoms with E-state index in [1.807, 2.05) is 24.8 Å². The van der Waals surface area contributed by atoms with E-state index in [0.717, 1.165) is 30.3 Å². The lowest BCUT2D eigenvalue weighted by Crippen LogP contribution is -2.53. The Morgan fingerprint density at radius 3 is 2.79 bits per heavy atom. The van der Waals surface area contributed by atoms with Crippen LogP contribution in [0.25, 0.3) is 5.78 Å². The average Bonchev–Trinajstić information content (AvgIpc) is 3.16. The molecule has 10 heteroatoms. The molecule has 0 aliphatic carbocycles. The number of urea groups is 1. The van der Waals surface area contributed by atoms with Gasteiger partial charge in [-0.25, -0.2) is 9.78 Å². The minimum atomic E-state index is -0.0483. The van der Waals surface area contributed by atoms with Crippen LogP contribution in [0.4, 0.5) is 10.6 Å². The van der Waals surface area contributed by atoms with Gasteiger partial charge in [-0.05, 0) is 13.8 Å². The maximum Gasteiger partial charge on any atom is 0.317 e. The second-order valence-electron chi connectivity index (χ2n) is 6.95. The first kappa shape index (κ1) is 18.1. The molecule has 3 aromatic rings. The van der Waals surface area contributed by atoms with Gasteiger partial charge >= 0.3 is 6.03 Å². The molecule has 1 saturated heterocycles. The number of aryl methyl sites for hydroxylation is 1. The number of carbonyl (C=O) groups is 1. The zero-order valence-electron chi connectivity index (χ0n) is 16.0. The standard InChI is InChI=1S/C18H23N9O/c1-13(9-15-11-19-3-4-20-15)24-18(28)26-7-5-25(6-8-26)16-10-14(2)23-17-21-12-22-27(16)17/h3-4,10-13H,5-9H2,1-2H3,(H,24,28)/t13-/m0/s1. The number of anilines is 1. The molecule has 28 heavy (non-hydrogen) atoms. The van der Waals surface area contributed by atoms with Crippen molar-refractivity contribution in [2.75, 3.05) is 31.1 Å². The minimum absolute atomic E-state index is 0.0140. The van der Waals surface area contributed by atoms with Gasteiger partial charge in [-0.3, -0.25) is 9.97 Å². The summed E-state index contributed by atoms with van der Waals surface area (Å²) in [6.45, 7) is 6.65. The average molecular weight is 381 g/mol. The molecule has 146 valence electrons. The summed E-state index contributed by atoms with van der Waals surface area (Å²) < 4.78 is 1.74. The zero-order valence-corrected chi connectivity index (χ0v) is 16.0. The highest BCUT2D eigenvalue weighted by molar-refractivity contribution is 5.75. The largest absolute Gasteiger partial charge is 0.353 e. The van der Waals surface area contributed by atoms with E-state index in [0.29, 0.717) is 25.3 Å². The van der Waals surface area contributed by atoms with Crippen molar-refractivity contribution in [1.82, 2.24) is 39.8 Å². The molecule has 1 atom stereocenters. The summed E-state index contributed by atoms with van der Waals surface area (Å²) in [7, 11) is 0. The smallest absolute Gasteiger partial charge is 0.317 e. The molecule has 0 bridgehead atoms. The van der Waals surface area contributed by atoms with Crippen molar-refractivity contribution in [1.29, 1.82) is 0 Å². The van der Waals surface area contributed by atoms with Crippen molar-refractivity contribution in [3.8, 4) is 0 Å². The molecule has 0 radical (unpaired) electrons. The highest BCUT2D eigenvalue weighted by Crippen LogP contribution is 2.18. The Balaban J connectivity index is 1.34. The fraction of sp³-hybridized carbons (Fsp3) is 0.444. The van der Waals surface area contributed by atoms with Gasteiger partial charge in [-0.15, -0.1) is 0 Å². The summed E-state index contributed by atoms with van der Waals surface area (Å²) in [6.07, 6.45) is 7.19. The van der Waals surface area contributed by atoms with E-state index in [9.17, 15) is 4.79 Å². The van der Waals surface area contributed by atoms with Crippen LogP contribution in [-0.4, -0.2) is 72.7 Å². The molecule has 0 saturated carbocycles. The van der Waals surface area contributed by atoms with Crippen molar-refractivity contribution in [3.63, 3.8) is 0 Å². The molecule has 0 aromatic carbocycles. The number of hydrogen-bond donors (Lipinski definition) is 1. The highest BCUT2D eigenvalue weighted by Gasteiger charge is 2.24. The number of nitrogens with one attached hydrogen (secondary N) is 1. The molecule has 0 spiro atoms. The number of rotatable bonds is 4. The van der Waals surface area contributed by atoms with E-state index in [4.69, 9.17) is 0 Å². The van der Waals surface area contributed by atoms with Crippen molar-refractivity contribution in [2.24, 2.45) is 0 Å². The SMILES string of the molecule is Cc1cc(N2CCN(C(=O)N[C@@H](C)Cc3cnccn3)CC2)n2ncnc2n1. The maximum absolute atomic E-state index is 12.6. The molecule has 1 aliphatic heterocycles. The monoisotopic (exact) mass is 381 g/mol. The summed E-state index contributed by atoms with van der Waals surface area (Å²) in [5.74, 6) is 1.55. The van der Waals surface area contributed by atoms with Crippen LogP contribution < -0.4 is 10.2 Å². The summed E-state index contributed by atoms with van der Waals surface area (Å²) in [5, 5.41) is 7.32. The zero-order chi connectivity index (χ0) is 19.5. The minimum Gasteiger partial charge on any atom is -0.353 e. The number of piperazine rings is 1. The van der Waals surface area contributed by atoms with Gasteiger partial charge in [-0.2, -0.15) is 14.6 Å². The van der Waals surface area contributed by atoms with Gasteiger partial charge in [0.25, 0.3) is 5.78 Å². The first-order valence-electron chi connectivity index (χ1n) is 9.33. The second-order valence-corrected chi connectivity index (χ2v) is 6.95. The summed E-state index contributed by atoms with van der Waals surface area (Å²) in [4.78, 5) is 33.5. The molecule has 0 unspecified atom stereocenters. The predicted molar refractivity (Wildman–Crippen MR) is 103 cm³/mol. The molecular weight excluding hydrogens is 358 g/mol. The highest BCUT2D eigenvalue weighted by atomic mass is 16.2. The van der Waals surface area contributed by atoms with Gasteiger partial charge in [0.05, 0.1) is 5.69 Å². The molecule has 1 N–H and O–H groups in total. The van der Waals surface area contributed by atoms with Crippen molar-refractivity contribution in [2.45, 2.75) is 26.3 Å².